The lowest BCUT2D eigenvalue weighted by Gasteiger charge is -2.42. The van der Waals surface area contributed by atoms with E-state index in [9.17, 15) is 9.59 Å². The summed E-state index contributed by atoms with van der Waals surface area (Å²) in [5, 5.41) is 0. The molecule has 0 aromatic heterocycles. The molecule has 2 aliphatic rings. The van der Waals surface area contributed by atoms with Gasteiger partial charge in [-0.3, -0.25) is 15.0 Å². The minimum atomic E-state index is -0.477. The van der Waals surface area contributed by atoms with Crippen molar-refractivity contribution in [2.24, 2.45) is 11.8 Å². The van der Waals surface area contributed by atoms with Gasteiger partial charge in [0, 0.05) is 5.92 Å². The van der Waals surface area contributed by atoms with Crippen molar-refractivity contribution in [3.8, 4) is 5.75 Å². The zero-order chi connectivity index (χ0) is 16.2. The highest BCUT2D eigenvalue weighted by Gasteiger charge is 2.46. The summed E-state index contributed by atoms with van der Waals surface area (Å²) in [6, 6.07) is 9.14. The Hall–Kier alpha value is -2.08. The largest absolute Gasteiger partial charge is 0.490 e. The van der Waals surface area contributed by atoms with Crippen molar-refractivity contribution >= 4 is 11.9 Å². The van der Waals surface area contributed by atoms with Crippen LogP contribution in [-0.4, -0.2) is 30.6 Å². The summed E-state index contributed by atoms with van der Waals surface area (Å²) in [5.41, 5.74) is 5.41. The quantitative estimate of drug-likeness (QED) is 0.821. The Morgan fingerprint density at radius 2 is 2.04 bits per heavy atom. The van der Waals surface area contributed by atoms with E-state index in [0.717, 1.165) is 18.6 Å². The molecule has 6 nitrogen and oxygen atoms in total. The normalized spacial score (nSPS) is 30.0. The number of para-hydroxylation sites is 1. The Bertz CT molecular complexity index is 563. The van der Waals surface area contributed by atoms with Gasteiger partial charge < -0.3 is 9.47 Å². The molecule has 1 saturated heterocycles. The van der Waals surface area contributed by atoms with Crippen molar-refractivity contribution in [2.45, 2.75) is 38.3 Å². The fourth-order valence-corrected chi connectivity index (χ4v) is 3.47. The molecule has 1 aromatic carbocycles. The number of amides is 1. The zero-order valence-corrected chi connectivity index (χ0v) is 13.2. The van der Waals surface area contributed by atoms with Crippen molar-refractivity contribution < 1.29 is 19.1 Å². The Morgan fingerprint density at radius 1 is 1.26 bits per heavy atom. The third-order valence-electron chi connectivity index (χ3n) is 4.56. The van der Waals surface area contributed by atoms with Crippen LogP contribution in [0.25, 0.3) is 0 Å². The van der Waals surface area contributed by atoms with Gasteiger partial charge in [-0.15, -0.1) is 0 Å². The van der Waals surface area contributed by atoms with E-state index in [1.54, 1.807) is 6.92 Å². The van der Waals surface area contributed by atoms with Crippen LogP contribution in [0.1, 0.15) is 26.2 Å². The van der Waals surface area contributed by atoms with Crippen LogP contribution in [0.5, 0.6) is 5.75 Å². The summed E-state index contributed by atoms with van der Waals surface area (Å²) in [6.07, 6.45) is 2.18. The topological polar surface area (TPSA) is 76.7 Å². The Balaban J connectivity index is 1.67. The van der Waals surface area contributed by atoms with Gasteiger partial charge in [-0.25, -0.2) is 5.43 Å². The van der Waals surface area contributed by atoms with Gasteiger partial charge in [0.2, 0.25) is 5.91 Å². The second-order valence-corrected chi connectivity index (χ2v) is 6.00. The lowest BCUT2D eigenvalue weighted by Crippen LogP contribution is -2.63. The zero-order valence-electron chi connectivity index (χ0n) is 13.2. The molecule has 3 rings (SSSR count). The summed E-state index contributed by atoms with van der Waals surface area (Å²) in [4.78, 5) is 24.2. The van der Waals surface area contributed by atoms with Crippen LogP contribution >= 0.6 is 0 Å². The predicted octanol–water partition coefficient (Wildman–Crippen LogP) is 1.42. The standard InChI is InChI=1S/C17H22N2O4/c1-2-22-17(21)15-13-9-8-12(10-14(13)16(20)19-18-15)23-11-6-4-3-5-7-11/h3-7,12-15,18H,2,8-10H2,1H3,(H,19,20). The van der Waals surface area contributed by atoms with E-state index in [0.29, 0.717) is 13.0 Å². The van der Waals surface area contributed by atoms with Gasteiger partial charge in [-0.1, -0.05) is 18.2 Å². The van der Waals surface area contributed by atoms with Crippen molar-refractivity contribution in [2.75, 3.05) is 6.61 Å². The molecule has 1 aliphatic carbocycles. The first-order valence-electron chi connectivity index (χ1n) is 8.12. The fourth-order valence-electron chi connectivity index (χ4n) is 3.47. The SMILES string of the molecule is CCOC(=O)C1NNC(=O)C2CC(Oc3ccccc3)CCC21. The second-order valence-electron chi connectivity index (χ2n) is 6.00. The van der Waals surface area contributed by atoms with Gasteiger partial charge in [0.25, 0.3) is 0 Å². The summed E-state index contributed by atoms with van der Waals surface area (Å²) < 4.78 is 11.1. The molecule has 4 unspecified atom stereocenters. The highest BCUT2D eigenvalue weighted by molar-refractivity contribution is 5.84. The number of hydrazine groups is 1. The molecule has 1 aliphatic heterocycles. The van der Waals surface area contributed by atoms with E-state index in [-0.39, 0.29) is 29.8 Å². The molecule has 2 N–H and O–H groups in total. The minimum Gasteiger partial charge on any atom is -0.490 e. The van der Waals surface area contributed by atoms with Gasteiger partial charge in [0.15, 0.2) is 0 Å². The molecule has 1 amide bonds. The number of carbonyl (C=O) groups is 2. The average molecular weight is 318 g/mol. The lowest BCUT2D eigenvalue weighted by molar-refractivity contribution is -0.154. The number of nitrogens with one attached hydrogen (secondary N) is 2. The Morgan fingerprint density at radius 3 is 2.78 bits per heavy atom. The first-order valence-corrected chi connectivity index (χ1v) is 8.12. The minimum absolute atomic E-state index is 0.00894. The summed E-state index contributed by atoms with van der Waals surface area (Å²) >= 11 is 0. The van der Waals surface area contributed by atoms with Crippen LogP contribution in [0.15, 0.2) is 30.3 Å². The molecule has 0 spiro atoms. The van der Waals surface area contributed by atoms with Crippen LogP contribution in [0.4, 0.5) is 0 Å². The van der Waals surface area contributed by atoms with E-state index in [1.165, 1.54) is 0 Å². The molecule has 1 heterocycles. The molecule has 4 atom stereocenters. The summed E-state index contributed by atoms with van der Waals surface area (Å²) in [5.74, 6) is 0.167. The van der Waals surface area contributed by atoms with Gasteiger partial charge in [0.1, 0.15) is 11.8 Å². The van der Waals surface area contributed by atoms with E-state index >= 15 is 0 Å². The van der Waals surface area contributed by atoms with Crippen LogP contribution in [0.3, 0.4) is 0 Å². The number of hydrogen-bond acceptors (Lipinski definition) is 5. The number of hydrogen-bond donors (Lipinski definition) is 2. The van der Waals surface area contributed by atoms with Gasteiger partial charge in [-0.2, -0.15) is 0 Å². The van der Waals surface area contributed by atoms with Crippen LogP contribution in [-0.2, 0) is 14.3 Å². The molecule has 23 heavy (non-hydrogen) atoms. The number of ether oxygens (including phenoxy) is 2. The van der Waals surface area contributed by atoms with Crippen molar-refractivity contribution in [1.29, 1.82) is 0 Å². The molecular weight excluding hydrogens is 296 g/mol. The monoisotopic (exact) mass is 318 g/mol. The number of carbonyl (C=O) groups excluding carboxylic acids is 2. The molecule has 6 heteroatoms. The lowest BCUT2D eigenvalue weighted by atomic mass is 9.72. The third-order valence-corrected chi connectivity index (χ3v) is 4.56. The van der Waals surface area contributed by atoms with Crippen LogP contribution in [0.2, 0.25) is 0 Å². The molecule has 0 radical (unpaired) electrons. The van der Waals surface area contributed by atoms with Crippen molar-refractivity contribution in [3.05, 3.63) is 30.3 Å². The third kappa shape index (κ3) is 3.47. The van der Waals surface area contributed by atoms with E-state index in [2.05, 4.69) is 10.9 Å². The van der Waals surface area contributed by atoms with E-state index < -0.39 is 6.04 Å². The molecule has 0 bridgehead atoms. The van der Waals surface area contributed by atoms with E-state index in [4.69, 9.17) is 9.47 Å². The van der Waals surface area contributed by atoms with Gasteiger partial charge in [-0.05, 0) is 44.2 Å². The number of benzene rings is 1. The molecular formula is C17H22N2O4. The number of rotatable bonds is 4. The average Bonchev–Trinajstić information content (AvgIpc) is 2.57. The maximum atomic E-state index is 12.2. The van der Waals surface area contributed by atoms with Crippen LogP contribution in [0, 0.1) is 11.8 Å². The van der Waals surface area contributed by atoms with Gasteiger partial charge >= 0.3 is 5.97 Å². The van der Waals surface area contributed by atoms with Crippen molar-refractivity contribution in [3.63, 3.8) is 0 Å². The summed E-state index contributed by atoms with van der Waals surface area (Å²) in [6.45, 7) is 2.11. The fraction of sp³-hybridized carbons (Fsp3) is 0.529. The smallest absolute Gasteiger partial charge is 0.325 e. The van der Waals surface area contributed by atoms with E-state index in [1.807, 2.05) is 30.3 Å². The number of esters is 1. The maximum Gasteiger partial charge on any atom is 0.325 e. The highest BCUT2D eigenvalue weighted by atomic mass is 16.5. The Labute approximate surface area is 135 Å². The predicted molar refractivity (Wildman–Crippen MR) is 83.4 cm³/mol. The first-order chi connectivity index (χ1) is 11.2. The first kappa shape index (κ1) is 15.8. The molecule has 1 saturated carbocycles. The Kier molecular flexibility index (Phi) is 4.81. The molecule has 1 aromatic rings. The van der Waals surface area contributed by atoms with Gasteiger partial charge in [0.05, 0.1) is 12.7 Å². The summed E-state index contributed by atoms with van der Waals surface area (Å²) in [7, 11) is 0. The molecule has 2 fully saturated rings. The maximum absolute atomic E-state index is 12.2. The van der Waals surface area contributed by atoms with Crippen LogP contribution < -0.4 is 15.6 Å². The number of fused-ring (bicyclic) bond motifs is 1. The second kappa shape index (κ2) is 7.00. The van der Waals surface area contributed by atoms with Crippen molar-refractivity contribution in [1.82, 2.24) is 10.9 Å². The molecule has 124 valence electrons. The highest BCUT2D eigenvalue weighted by Crippen LogP contribution is 2.36.